The number of benzene rings is 1. The lowest BCUT2D eigenvalue weighted by Crippen LogP contribution is -2.19. The predicted octanol–water partition coefficient (Wildman–Crippen LogP) is 3.25. The van der Waals surface area contributed by atoms with Crippen molar-refractivity contribution < 1.29 is 0 Å². The highest BCUT2D eigenvalue weighted by atomic mass is 15.1. The number of aryl methyl sites for hydroxylation is 1. The first-order valence-corrected chi connectivity index (χ1v) is 7.32. The van der Waals surface area contributed by atoms with E-state index >= 15 is 0 Å². The first-order chi connectivity index (χ1) is 9.83. The number of hydrogen-bond acceptors (Lipinski definition) is 2. The number of likely N-dealkylation sites (tertiary alicyclic amines) is 1. The van der Waals surface area contributed by atoms with E-state index in [9.17, 15) is 0 Å². The molecule has 104 valence electrons. The lowest BCUT2D eigenvalue weighted by Gasteiger charge is -2.13. The Bertz CT molecular complexity index is 561. The topological polar surface area (TPSA) is 31.9 Å². The van der Waals surface area contributed by atoms with Crippen molar-refractivity contribution in [3.63, 3.8) is 0 Å². The molecule has 0 bridgehead atoms. The second kappa shape index (κ2) is 6.06. The fourth-order valence-corrected chi connectivity index (χ4v) is 2.68. The third kappa shape index (κ3) is 2.99. The molecule has 0 radical (unpaired) electrons. The summed E-state index contributed by atoms with van der Waals surface area (Å²) in [6, 6.07) is 8.66. The second-order valence-electron chi connectivity index (χ2n) is 5.43. The molecule has 3 heteroatoms. The van der Waals surface area contributed by atoms with Crippen molar-refractivity contribution in [2.75, 3.05) is 19.6 Å². The molecule has 1 N–H and O–H groups in total. The van der Waals surface area contributed by atoms with Gasteiger partial charge in [-0.05, 0) is 38.4 Å². The van der Waals surface area contributed by atoms with Gasteiger partial charge in [0, 0.05) is 24.5 Å². The summed E-state index contributed by atoms with van der Waals surface area (Å²) in [5.74, 6) is 0.952. The summed E-state index contributed by atoms with van der Waals surface area (Å²) in [5, 5.41) is 0. The number of nitrogens with one attached hydrogen (secondary N) is 1. The molecule has 0 unspecified atom stereocenters. The molecule has 3 rings (SSSR count). The fourth-order valence-electron chi connectivity index (χ4n) is 2.68. The zero-order chi connectivity index (χ0) is 13.8. The molecule has 2 heterocycles. The van der Waals surface area contributed by atoms with E-state index in [1.807, 2.05) is 12.4 Å². The van der Waals surface area contributed by atoms with Gasteiger partial charge in [0.2, 0.25) is 0 Å². The van der Waals surface area contributed by atoms with E-state index in [1.54, 1.807) is 0 Å². The normalized spacial score (nSPS) is 16.8. The summed E-state index contributed by atoms with van der Waals surface area (Å²) in [6.07, 6.45) is 8.65. The van der Waals surface area contributed by atoms with Crippen LogP contribution in [-0.4, -0.2) is 34.5 Å². The average Bonchev–Trinajstić information content (AvgIpc) is 3.14. The summed E-state index contributed by atoms with van der Waals surface area (Å²) >= 11 is 0. The maximum absolute atomic E-state index is 4.42. The Hall–Kier alpha value is -1.87. The van der Waals surface area contributed by atoms with Gasteiger partial charge in [-0.25, -0.2) is 4.98 Å². The Balaban J connectivity index is 1.87. The molecule has 0 aliphatic carbocycles. The van der Waals surface area contributed by atoms with Crippen LogP contribution < -0.4 is 0 Å². The zero-order valence-electron chi connectivity index (χ0n) is 12.0. The maximum Gasteiger partial charge on any atom is 0.137 e. The monoisotopic (exact) mass is 267 g/mol. The molecule has 3 nitrogen and oxygen atoms in total. The van der Waals surface area contributed by atoms with Crippen LogP contribution in [0.2, 0.25) is 0 Å². The van der Waals surface area contributed by atoms with Crippen molar-refractivity contribution in [3.05, 3.63) is 59.7 Å². The van der Waals surface area contributed by atoms with Gasteiger partial charge >= 0.3 is 0 Å². The minimum atomic E-state index is 0.952. The van der Waals surface area contributed by atoms with Crippen LogP contribution in [0.1, 0.15) is 29.8 Å². The third-order valence-corrected chi connectivity index (χ3v) is 3.87. The van der Waals surface area contributed by atoms with E-state index in [-0.39, 0.29) is 0 Å². The van der Waals surface area contributed by atoms with E-state index in [4.69, 9.17) is 0 Å². The average molecular weight is 267 g/mol. The van der Waals surface area contributed by atoms with Crippen molar-refractivity contribution in [3.8, 4) is 0 Å². The summed E-state index contributed by atoms with van der Waals surface area (Å²) in [7, 11) is 0. The molecular formula is C17H21N3. The van der Waals surface area contributed by atoms with Crippen LogP contribution in [0.4, 0.5) is 0 Å². The smallest absolute Gasteiger partial charge is 0.137 e. The first kappa shape index (κ1) is 13.1. The minimum absolute atomic E-state index is 0.952. The first-order valence-electron chi connectivity index (χ1n) is 7.32. The molecule has 2 aromatic rings. The summed E-state index contributed by atoms with van der Waals surface area (Å²) in [5.41, 5.74) is 3.71. The molecule has 1 aromatic heterocycles. The van der Waals surface area contributed by atoms with Gasteiger partial charge in [-0.2, -0.15) is 0 Å². The van der Waals surface area contributed by atoms with Gasteiger partial charge in [0.05, 0.1) is 0 Å². The highest BCUT2D eigenvalue weighted by molar-refractivity contribution is 5.76. The largest absolute Gasteiger partial charge is 0.345 e. The summed E-state index contributed by atoms with van der Waals surface area (Å²) in [6.45, 7) is 5.56. The molecule has 20 heavy (non-hydrogen) atoms. The highest BCUT2D eigenvalue weighted by Gasteiger charge is 2.12. The van der Waals surface area contributed by atoms with E-state index in [1.165, 1.54) is 42.6 Å². The van der Waals surface area contributed by atoms with Crippen LogP contribution in [0.5, 0.6) is 0 Å². The number of H-pyrrole nitrogens is 1. The van der Waals surface area contributed by atoms with Crippen LogP contribution in [0.25, 0.3) is 5.57 Å². The van der Waals surface area contributed by atoms with Crippen LogP contribution in [0.15, 0.2) is 42.7 Å². The van der Waals surface area contributed by atoms with E-state index < -0.39 is 0 Å². The highest BCUT2D eigenvalue weighted by Crippen LogP contribution is 2.21. The summed E-state index contributed by atoms with van der Waals surface area (Å²) in [4.78, 5) is 10.1. The summed E-state index contributed by atoms with van der Waals surface area (Å²) < 4.78 is 0. The Morgan fingerprint density at radius 3 is 2.65 bits per heavy atom. The third-order valence-electron chi connectivity index (χ3n) is 3.87. The Morgan fingerprint density at radius 2 is 2.00 bits per heavy atom. The second-order valence-corrected chi connectivity index (χ2v) is 5.43. The lowest BCUT2D eigenvalue weighted by atomic mass is 10.0. The van der Waals surface area contributed by atoms with E-state index in [0.717, 1.165) is 12.4 Å². The number of nitrogens with zero attached hydrogens (tertiary/aromatic N) is 2. The SMILES string of the molecule is Cc1ccc(/C(=C/CN2CCCC2)c2ncc[nH]2)cc1. The number of rotatable bonds is 4. The van der Waals surface area contributed by atoms with Crippen molar-refractivity contribution in [1.82, 2.24) is 14.9 Å². The van der Waals surface area contributed by atoms with Gasteiger partial charge in [-0.3, -0.25) is 4.90 Å². The predicted molar refractivity (Wildman–Crippen MR) is 82.5 cm³/mol. The van der Waals surface area contributed by atoms with Crippen LogP contribution in [0.3, 0.4) is 0 Å². The molecule has 1 aliphatic heterocycles. The zero-order valence-corrected chi connectivity index (χ0v) is 12.0. The molecule has 1 aliphatic rings. The van der Waals surface area contributed by atoms with Crippen molar-refractivity contribution in [2.45, 2.75) is 19.8 Å². The van der Waals surface area contributed by atoms with Crippen LogP contribution in [0, 0.1) is 6.92 Å². The number of imidazole rings is 1. The lowest BCUT2D eigenvalue weighted by molar-refractivity contribution is 0.377. The van der Waals surface area contributed by atoms with Crippen LogP contribution >= 0.6 is 0 Å². The van der Waals surface area contributed by atoms with Gasteiger partial charge in [0.15, 0.2) is 0 Å². The number of aromatic nitrogens is 2. The maximum atomic E-state index is 4.42. The molecular weight excluding hydrogens is 246 g/mol. The quantitative estimate of drug-likeness (QED) is 0.922. The molecule has 0 amide bonds. The molecule has 0 spiro atoms. The Labute approximate surface area is 120 Å². The van der Waals surface area contributed by atoms with Crippen molar-refractivity contribution in [1.29, 1.82) is 0 Å². The van der Waals surface area contributed by atoms with Crippen molar-refractivity contribution in [2.24, 2.45) is 0 Å². The molecule has 1 fully saturated rings. The van der Waals surface area contributed by atoms with Crippen molar-refractivity contribution >= 4 is 5.57 Å². The van der Waals surface area contributed by atoms with Gasteiger partial charge in [-0.15, -0.1) is 0 Å². The minimum Gasteiger partial charge on any atom is -0.345 e. The fraction of sp³-hybridized carbons (Fsp3) is 0.353. The molecule has 0 saturated carbocycles. The van der Waals surface area contributed by atoms with Gasteiger partial charge in [0.1, 0.15) is 5.82 Å². The number of aromatic amines is 1. The Kier molecular flexibility index (Phi) is 3.97. The van der Waals surface area contributed by atoms with E-state index in [0.29, 0.717) is 0 Å². The standard InChI is InChI=1S/C17H21N3/c1-14-4-6-15(7-5-14)16(17-18-9-10-19-17)8-13-20-11-2-3-12-20/h4-10H,2-3,11-13H2,1H3,(H,18,19)/b16-8-. The van der Waals surface area contributed by atoms with Gasteiger partial charge in [-0.1, -0.05) is 35.9 Å². The molecule has 1 aromatic carbocycles. The van der Waals surface area contributed by atoms with Gasteiger partial charge in [0.25, 0.3) is 0 Å². The van der Waals surface area contributed by atoms with Crippen LogP contribution in [-0.2, 0) is 0 Å². The van der Waals surface area contributed by atoms with E-state index in [2.05, 4.69) is 52.1 Å². The number of hydrogen-bond donors (Lipinski definition) is 1. The molecule has 0 atom stereocenters. The van der Waals surface area contributed by atoms with Gasteiger partial charge < -0.3 is 4.98 Å². The Morgan fingerprint density at radius 1 is 1.25 bits per heavy atom. The molecule has 1 saturated heterocycles.